The first-order valence-electron chi connectivity index (χ1n) is 28.8. The van der Waals surface area contributed by atoms with Gasteiger partial charge in [0.05, 0.1) is 0 Å². The maximum Gasteiger partial charge on any atom is 0.335 e. The maximum absolute atomic E-state index is 14.0. The van der Waals surface area contributed by atoms with Crippen molar-refractivity contribution >= 4 is 41.8 Å². The van der Waals surface area contributed by atoms with Crippen molar-refractivity contribution in [3.63, 3.8) is 0 Å². The number of rotatable bonds is 26. The van der Waals surface area contributed by atoms with Gasteiger partial charge in [-0.25, -0.2) is 14.4 Å². The minimum atomic E-state index is -1.63. The second kappa shape index (κ2) is 29.3. The van der Waals surface area contributed by atoms with Crippen LogP contribution in [0.25, 0.3) is 0 Å². The fourth-order valence-electron chi connectivity index (χ4n) is 9.51. The molecule has 0 saturated carbocycles. The lowest BCUT2D eigenvalue weighted by Gasteiger charge is -2.31. The molecule has 0 spiro atoms. The van der Waals surface area contributed by atoms with Crippen LogP contribution < -0.4 is 14.2 Å². The van der Waals surface area contributed by atoms with E-state index in [-0.39, 0.29) is 62.5 Å². The zero-order chi connectivity index (χ0) is 64.0. The second-order valence-electron chi connectivity index (χ2n) is 26.2. The van der Waals surface area contributed by atoms with Crippen LogP contribution in [-0.2, 0) is 99.9 Å². The molecule has 0 radical (unpaired) electrons. The normalized spacial score (nSPS) is 11.9. The molecule has 0 unspecified atom stereocenters. The summed E-state index contributed by atoms with van der Waals surface area (Å²) in [6, 6.07) is 14.8. The molecule has 15 heteroatoms. The number of phenolic OH excluding ortho intramolecular Hbond substituents is 1. The standard InChI is InChI=1S/C70H90O15/c1-20-55(71)83-63-44(5)32-48(36-52(63)67(11,12)13)24-28-59(75)80-40-70(39-79-58(74)27-23-47-31-43(4)62(78)51(35-47)66(8,9)10,41-81-60(76)29-25-49-33-45(6)64(84-56(72)21-2)53(37-49)68(14,15)16)42-82-61(77)30-26-50-34-46(7)65(85-57(73)22-3)54(38-50)69(17,18)19/h20-22,31-38,78H,1-3,23-30,39-42H2,4-19H3. The van der Waals surface area contributed by atoms with E-state index in [1.807, 2.05) is 152 Å². The quantitative estimate of drug-likeness (QED) is 0.0269. The van der Waals surface area contributed by atoms with Crippen molar-refractivity contribution in [2.24, 2.45) is 5.41 Å². The molecule has 0 aliphatic carbocycles. The van der Waals surface area contributed by atoms with Crippen molar-refractivity contribution in [2.45, 2.75) is 184 Å². The monoisotopic (exact) mass is 1170 g/mol. The Kier molecular flexibility index (Phi) is 24.0. The molecule has 460 valence electrons. The summed E-state index contributed by atoms with van der Waals surface area (Å²) >= 11 is 0. The summed E-state index contributed by atoms with van der Waals surface area (Å²) in [5, 5.41) is 10.9. The molecular weight excluding hydrogens is 1080 g/mol. The van der Waals surface area contributed by atoms with E-state index >= 15 is 0 Å². The number of hydrogen-bond acceptors (Lipinski definition) is 15. The topological polar surface area (TPSA) is 204 Å². The summed E-state index contributed by atoms with van der Waals surface area (Å²) in [6.45, 7) is 39.5. The molecule has 0 aliphatic rings. The van der Waals surface area contributed by atoms with Crippen LogP contribution in [0.1, 0.15) is 176 Å². The third kappa shape index (κ3) is 20.7. The van der Waals surface area contributed by atoms with Gasteiger partial charge in [0.25, 0.3) is 0 Å². The summed E-state index contributed by atoms with van der Waals surface area (Å²) in [4.78, 5) is 92.8. The van der Waals surface area contributed by atoms with E-state index in [2.05, 4.69) is 19.7 Å². The van der Waals surface area contributed by atoms with Gasteiger partial charge < -0.3 is 38.3 Å². The van der Waals surface area contributed by atoms with Crippen molar-refractivity contribution < 1.29 is 71.8 Å². The fraction of sp³-hybridized carbons (Fsp3) is 0.471. The Labute approximate surface area is 503 Å². The van der Waals surface area contributed by atoms with Crippen molar-refractivity contribution in [2.75, 3.05) is 26.4 Å². The van der Waals surface area contributed by atoms with Crippen LogP contribution >= 0.6 is 0 Å². The lowest BCUT2D eigenvalue weighted by molar-refractivity contribution is -0.170. The van der Waals surface area contributed by atoms with Gasteiger partial charge in [-0.2, -0.15) is 0 Å². The zero-order valence-electron chi connectivity index (χ0n) is 53.1. The van der Waals surface area contributed by atoms with Gasteiger partial charge in [-0.3, -0.25) is 19.2 Å². The highest BCUT2D eigenvalue weighted by atomic mass is 16.6. The Morgan fingerprint density at radius 1 is 0.376 bits per heavy atom. The van der Waals surface area contributed by atoms with Crippen LogP contribution in [0.2, 0.25) is 0 Å². The summed E-state index contributed by atoms with van der Waals surface area (Å²) in [6.07, 6.45) is 3.76. The molecule has 0 fully saturated rings. The van der Waals surface area contributed by atoms with E-state index in [0.29, 0.717) is 39.5 Å². The Morgan fingerprint density at radius 2 is 0.600 bits per heavy atom. The predicted molar refractivity (Wildman–Crippen MR) is 328 cm³/mol. The number of ether oxygens (including phenoxy) is 7. The second-order valence-corrected chi connectivity index (χ2v) is 26.2. The van der Waals surface area contributed by atoms with Crippen molar-refractivity contribution in [1.29, 1.82) is 0 Å². The third-order valence-corrected chi connectivity index (χ3v) is 14.3. The minimum absolute atomic E-state index is 0.0894. The maximum atomic E-state index is 14.0. The van der Waals surface area contributed by atoms with Crippen LogP contribution in [0.4, 0.5) is 0 Å². The Morgan fingerprint density at radius 3 is 0.824 bits per heavy atom. The molecule has 4 rings (SSSR count). The van der Waals surface area contributed by atoms with Gasteiger partial charge in [-0.15, -0.1) is 0 Å². The smallest absolute Gasteiger partial charge is 0.335 e. The summed E-state index contributed by atoms with van der Waals surface area (Å²) < 4.78 is 41.0. The zero-order valence-corrected chi connectivity index (χ0v) is 53.1. The van der Waals surface area contributed by atoms with Gasteiger partial charge in [-0.1, -0.05) is 151 Å². The predicted octanol–water partition coefficient (Wildman–Crippen LogP) is 13.1. The molecule has 0 bridgehead atoms. The van der Waals surface area contributed by atoms with Gasteiger partial charge in [0, 0.05) is 60.6 Å². The van der Waals surface area contributed by atoms with Crippen LogP contribution in [-0.4, -0.2) is 73.3 Å². The molecule has 15 nitrogen and oxygen atoms in total. The molecule has 0 heterocycles. The molecule has 0 amide bonds. The third-order valence-electron chi connectivity index (χ3n) is 14.3. The largest absolute Gasteiger partial charge is 0.507 e. The molecule has 0 aliphatic heterocycles. The van der Waals surface area contributed by atoms with Gasteiger partial charge in [0.1, 0.15) is 54.8 Å². The van der Waals surface area contributed by atoms with E-state index in [4.69, 9.17) is 33.2 Å². The molecule has 1 N–H and O–H groups in total. The van der Waals surface area contributed by atoms with E-state index in [1.165, 1.54) is 0 Å². The van der Waals surface area contributed by atoms with Gasteiger partial charge in [0.15, 0.2) is 0 Å². The van der Waals surface area contributed by atoms with E-state index in [1.54, 1.807) is 6.92 Å². The van der Waals surface area contributed by atoms with Crippen molar-refractivity contribution in [1.82, 2.24) is 0 Å². The number of benzene rings is 4. The van der Waals surface area contributed by atoms with E-state index < -0.39 is 89.9 Å². The highest BCUT2D eigenvalue weighted by Crippen LogP contribution is 2.40. The number of esters is 7. The Bertz CT molecular complexity index is 2900. The highest BCUT2D eigenvalue weighted by molar-refractivity contribution is 5.85. The Balaban J connectivity index is 1.72. The SMILES string of the molecule is C=CC(=O)Oc1c(C)cc(CCC(=O)OCC(COC(=O)CCc2cc(C)c(O)c(C(C)(C)C)c2)(COC(=O)CCc2cc(C)c(OC(=O)C=C)c(C(C)(C)C)c2)COC(=O)CCc2cc(C)c(OC(=O)C=C)c(C(C)(C)C)c2)cc1C(C)(C)C. The number of carbonyl (C=O) groups excluding carboxylic acids is 7. The van der Waals surface area contributed by atoms with Crippen molar-refractivity contribution in [3.8, 4) is 23.0 Å². The van der Waals surface area contributed by atoms with Crippen LogP contribution in [0.5, 0.6) is 23.0 Å². The van der Waals surface area contributed by atoms with Gasteiger partial charge in [0.2, 0.25) is 0 Å². The molecule has 4 aromatic carbocycles. The number of phenols is 1. The van der Waals surface area contributed by atoms with Crippen LogP contribution in [0, 0.1) is 33.1 Å². The summed E-state index contributed by atoms with van der Waals surface area (Å²) in [5.41, 5.74) is 5.39. The minimum Gasteiger partial charge on any atom is -0.507 e. The fourth-order valence-corrected chi connectivity index (χ4v) is 9.51. The van der Waals surface area contributed by atoms with Crippen LogP contribution in [0.3, 0.4) is 0 Å². The lowest BCUT2D eigenvalue weighted by atomic mass is 9.83. The first kappa shape index (κ1) is 69.7. The average Bonchev–Trinajstić information content (AvgIpc) is 2.24. The first-order valence-corrected chi connectivity index (χ1v) is 28.8. The molecular formula is C70H90O15. The molecule has 0 atom stereocenters. The van der Waals surface area contributed by atoms with E-state index in [9.17, 15) is 38.7 Å². The number of aryl methyl sites for hydroxylation is 8. The highest BCUT2D eigenvalue weighted by Gasteiger charge is 2.38. The van der Waals surface area contributed by atoms with Crippen molar-refractivity contribution in [3.05, 3.63) is 153 Å². The lowest BCUT2D eigenvalue weighted by Crippen LogP contribution is -2.44. The molecule has 0 saturated heterocycles. The molecule has 4 aromatic rings. The first-order chi connectivity index (χ1) is 39.4. The number of hydrogen-bond donors (Lipinski definition) is 1. The van der Waals surface area contributed by atoms with Gasteiger partial charge in [-0.05, 0) is 125 Å². The number of aromatic hydroxyl groups is 1. The van der Waals surface area contributed by atoms with Gasteiger partial charge >= 0.3 is 41.8 Å². The average molecular weight is 1170 g/mol. The Hall–Kier alpha value is -7.81. The summed E-state index contributed by atoms with van der Waals surface area (Å²) in [7, 11) is 0. The van der Waals surface area contributed by atoms with E-state index in [0.717, 1.165) is 62.7 Å². The van der Waals surface area contributed by atoms with Crippen LogP contribution in [0.15, 0.2) is 86.5 Å². The molecule has 0 aromatic heterocycles. The molecule has 85 heavy (non-hydrogen) atoms. The summed E-state index contributed by atoms with van der Waals surface area (Å²) in [5.74, 6) is -3.00. The number of carbonyl (C=O) groups is 7.